The standard InChI is InChI=1S/C25H32BN2O2/c1-9-13-19(14-10-2)28-21(11-3)23(27-12-4)20-17-18(15-16-22(20)28)26-30-25(7,8)24(5,6)29/h9-17,29H,1,3H2,2,4-8H3/b14-10-,19-13+,27-12?. The predicted octanol–water partition coefficient (Wildman–Crippen LogP) is 5.42. The van der Waals surface area contributed by atoms with E-state index in [0.29, 0.717) is 0 Å². The number of aliphatic imine (C=N–C) groups is 1. The van der Waals surface area contributed by atoms with Gasteiger partial charge in [-0.1, -0.05) is 42.9 Å². The quantitative estimate of drug-likeness (QED) is 0.345. The third-order valence-corrected chi connectivity index (χ3v) is 5.30. The monoisotopic (exact) mass is 403 g/mol. The zero-order valence-corrected chi connectivity index (χ0v) is 18.9. The second-order valence-electron chi connectivity index (χ2n) is 8.07. The van der Waals surface area contributed by atoms with E-state index in [1.807, 2.05) is 70.2 Å². The van der Waals surface area contributed by atoms with Crippen molar-refractivity contribution in [2.75, 3.05) is 0 Å². The van der Waals surface area contributed by atoms with Crippen LogP contribution in [-0.4, -0.2) is 34.6 Å². The van der Waals surface area contributed by atoms with Crippen molar-refractivity contribution in [3.8, 4) is 0 Å². The van der Waals surface area contributed by atoms with E-state index in [1.165, 1.54) is 0 Å². The minimum Gasteiger partial charge on any atom is -0.427 e. The molecule has 30 heavy (non-hydrogen) atoms. The summed E-state index contributed by atoms with van der Waals surface area (Å²) in [6.07, 6.45) is 11.4. The van der Waals surface area contributed by atoms with E-state index in [9.17, 15) is 5.11 Å². The molecule has 1 N–H and O–H groups in total. The summed E-state index contributed by atoms with van der Waals surface area (Å²) in [6.45, 7) is 19.0. The van der Waals surface area contributed by atoms with Crippen LogP contribution in [0.2, 0.25) is 0 Å². The summed E-state index contributed by atoms with van der Waals surface area (Å²) in [5.74, 6) is 0. The van der Waals surface area contributed by atoms with Gasteiger partial charge in [0.2, 0.25) is 0 Å². The van der Waals surface area contributed by atoms with Crippen molar-refractivity contribution < 1.29 is 9.76 Å². The summed E-state index contributed by atoms with van der Waals surface area (Å²) in [5.41, 5.74) is 2.90. The van der Waals surface area contributed by atoms with E-state index in [2.05, 4.69) is 22.7 Å². The van der Waals surface area contributed by atoms with Crippen molar-refractivity contribution in [1.29, 1.82) is 0 Å². The Balaban J connectivity index is 2.66. The van der Waals surface area contributed by atoms with E-state index in [1.54, 1.807) is 33.6 Å². The number of hydrogen-bond acceptors (Lipinski definition) is 3. The van der Waals surface area contributed by atoms with Gasteiger partial charge < -0.3 is 14.3 Å². The van der Waals surface area contributed by atoms with E-state index in [-0.39, 0.29) is 0 Å². The van der Waals surface area contributed by atoms with Crippen LogP contribution in [0.5, 0.6) is 0 Å². The fourth-order valence-corrected chi connectivity index (χ4v) is 2.97. The highest BCUT2D eigenvalue weighted by molar-refractivity contribution is 6.47. The van der Waals surface area contributed by atoms with Gasteiger partial charge in [0, 0.05) is 17.3 Å². The molecule has 0 saturated heterocycles. The third kappa shape index (κ3) is 4.74. The molecule has 0 aliphatic carbocycles. The maximum Gasteiger partial charge on any atom is 0.330 e. The molecule has 1 radical (unpaired) electrons. The molecule has 0 spiro atoms. The van der Waals surface area contributed by atoms with Crippen LogP contribution in [-0.2, 0) is 4.65 Å². The molecular formula is C25H32BN2O2. The Morgan fingerprint density at radius 1 is 1.20 bits per heavy atom. The van der Waals surface area contributed by atoms with Gasteiger partial charge in [0.1, 0.15) is 0 Å². The summed E-state index contributed by atoms with van der Waals surface area (Å²) >= 11 is 0. The van der Waals surface area contributed by atoms with Crippen LogP contribution >= 0.6 is 0 Å². The van der Waals surface area contributed by atoms with Crippen molar-refractivity contribution in [3.63, 3.8) is 0 Å². The van der Waals surface area contributed by atoms with Crippen LogP contribution in [0.1, 0.15) is 47.2 Å². The average molecular weight is 403 g/mol. The summed E-state index contributed by atoms with van der Waals surface area (Å²) in [7, 11) is 1.69. The minimum atomic E-state index is -0.985. The largest absolute Gasteiger partial charge is 0.427 e. The topological polar surface area (TPSA) is 46.8 Å². The van der Waals surface area contributed by atoms with Crippen LogP contribution in [0.4, 0.5) is 5.69 Å². The second kappa shape index (κ2) is 9.46. The molecular weight excluding hydrogens is 371 g/mol. The molecule has 1 aromatic carbocycles. The van der Waals surface area contributed by atoms with Gasteiger partial charge in [-0.2, -0.15) is 0 Å². The normalized spacial score (nSPS) is 13.5. The number of fused-ring (bicyclic) bond motifs is 1. The first-order chi connectivity index (χ1) is 14.1. The van der Waals surface area contributed by atoms with E-state index >= 15 is 0 Å². The van der Waals surface area contributed by atoms with Gasteiger partial charge in [-0.3, -0.25) is 4.99 Å². The first-order valence-corrected chi connectivity index (χ1v) is 10.1. The molecule has 1 aromatic heterocycles. The molecule has 157 valence electrons. The Hall–Kier alpha value is -2.63. The summed E-state index contributed by atoms with van der Waals surface area (Å²) in [6, 6.07) is 6.08. The molecule has 5 heteroatoms. The van der Waals surface area contributed by atoms with Crippen molar-refractivity contribution >= 4 is 47.5 Å². The smallest absolute Gasteiger partial charge is 0.330 e. The van der Waals surface area contributed by atoms with Gasteiger partial charge in [-0.25, -0.2) is 0 Å². The Morgan fingerprint density at radius 2 is 1.90 bits per heavy atom. The molecule has 0 aliphatic rings. The highest BCUT2D eigenvalue weighted by atomic mass is 16.5. The van der Waals surface area contributed by atoms with E-state index < -0.39 is 11.2 Å². The first kappa shape index (κ1) is 23.7. The van der Waals surface area contributed by atoms with Crippen LogP contribution in [0.3, 0.4) is 0 Å². The number of benzene rings is 1. The maximum absolute atomic E-state index is 10.3. The Labute approximate surface area is 181 Å². The number of allylic oxidation sites excluding steroid dienone is 5. The number of aromatic nitrogens is 1. The summed E-state index contributed by atoms with van der Waals surface area (Å²) in [4.78, 5) is 4.63. The zero-order valence-electron chi connectivity index (χ0n) is 18.9. The molecule has 2 aromatic rings. The fraction of sp³-hybridized carbons (Fsp3) is 0.320. The van der Waals surface area contributed by atoms with Gasteiger partial charge in [0.05, 0.1) is 28.1 Å². The number of aliphatic hydroxyl groups is 1. The average Bonchev–Trinajstić information content (AvgIpc) is 2.98. The first-order valence-electron chi connectivity index (χ1n) is 10.1. The molecule has 0 fully saturated rings. The van der Waals surface area contributed by atoms with Gasteiger partial charge >= 0.3 is 7.48 Å². The van der Waals surface area contributed by atoms with Gasteiger partial charge in [-0.05, 0) is 65.8 Å². The Morgan fingerprint density at radius 3 is 2.43 bits per heavy atom. The lowest BCUT2D eigenvalue weighted by molar-refractivity contribution is -0.0893. The van der Waals surface area contributed by atoms with E-state index in [0.717, 1.165) is 33.4 Å². The molecule has 1 heterocycles. The van der Waals surface area contributed by atoms with Crippen molar-refractivity contribution in [2.45, 2.75) is 52.7 Å². The van der Waals surface area contributed by atoms with Crippen LogP contribution in [0.15, 0.2) is 60.7 Å². The lowest BCUT2D eigenvalue weighted by Gasteiger charge is -2.37. The second-order valence-corrected chi connectivity index (χ2v) is 8.07. The van der Waals surface area contributed by atoms with Crippen molar-refractivity contribution in [2.24, 2.45) is 4.99 Å². The van der Waals surface area contributed by atoms with Crippen LogP contribution < -0.4 is 5.46 Å². The fourth-order valence-electron chi connectivity index (χ4n) is 2.97. The maximum atomic E-state index is 10.3. The molecule has 0 atom stereocenters. The van der Waals surface area contributed by atoms with Gasteiger partial charge in [0.25, 0.3) is 0 Å². The SMILES string of the molecule is C=C/C=C(\C=C/C)n1c(C=C)c(N=CC)c2cc([B]OC(C)(C)C(C)(C)O)ccc21. The Kier molecular flexibility index (Phi) is 7.46. The van der Waals surface area contributed by atoms with Crippen molar-refractivity contribution in [3.05, 3.63) is 61.4 Å². The third-order valence-electron chi connectivity index (χ3n) is 5.30. The summed E-state index contributed by atoms with van der Waals surface area (Å²) < 4.78 is 8.06. The molecule has 4 nitrogen and oxygen atoms in total. The highest BCUT2D eigenvalue weighted by Crippen LogP contribution is 2.36. The molecule has 2 rings (SSSR count). The van der Waals surface area contributed by atoms with Crippen LogP contribution in [0, 0.1) is 0 Å². The van der Waals surface area contributed by atoms with Crippen molar-refractivity contribution in [1.82, 2.24) is 4.57 Å². The molecule has 0 saturated carbocycles. The molecule has 0 bridgehead atoms. The zero-order chi connectivity index (χ0) is 22.5. The van der Waals surface area contributed by atoms with E-state index in [4.69, 9.17) is 4.65 Å². The number of nitrogens with zero attached hydrogens (tertiary/aromatic N) is 2. The predicted molar refractivity (Wildman–Crippen MR) is 132 cm³/mol. The molecule has 0 amide bonds. The van der Waals surface area contributed by atoms with Gasteiger partial charge in [0.15, 0.2) is 0 Å². The number of rotatable bonds is 9. The lowest BCUT2D eigenvalue weighted by Crippen LogP contribution is -2.49. The van der Waals surface area contributed by atoms with Gasteiger partial charge in [-0.15, -0.1) is 0 Å². The molecule has 0 aliphatic heterocycles. The van der Waals surface area contributed by atoms with Crippen LogP contribution in [0.25, 0.3) is 22.7 Å². The highest BCUT2D eigenvalue weighted by Gasteiger charge is 2.35. The lowest BCUT2D eigenvalue weighted by atomic mass is 9.82. The minimum absolute atomic E-state index is 0.740. The molecule has 0 unspecified atom stereocenters. The summed E-state index contributed by atoms with van der Waals surface area (Å²) in [5, 5.41) is 11.3. The Bertz CT molecular complexity index is 1020. The number of hydrogen-bond donors (Lipinski definition) is 1.